The topological polar surface area (TPSA) is 89.2 Å². The number of amides is 1. The van der Waals surface area contributed by atoms with Gasteiger partial charge in [0.25, 0.3) is 11.5 Å². The highest BCUT2D eigenvalue weighted by atomic mass is 19.1. The van der Waals surface area contributed by atoms with Crippen molar-refractivity contribution >= 4 is 5.91 Å². The van der Waals surface area contributed by atoms with E-state index in [0.717, 1.165) is 5.69 Å². The minimum Gasteiger partial charge on any atom is -0.504 e. The third-order valence-electron chi connectivity index (χ3n) is 4.39. The maximum absolute atomic E-state index is 13.3. The molecule has 2 aromatic heterocycles. The van der Waals surface area contributed by atoms with Crippen LogP contribution in [0.2, 0.25) is 0 Å². The molecule has 0 aliphatic carbocycles. The molecule has 0 saturated heterocycles. The van der Waals surface area contributed by atoms with E-state index in [1.54, 1.807) is 26.1 Å². The summed E-state index contributed by atoms with van der Waals surface area (Å²) >= 11 is 0. The number of nitrogens with zero attached hydrogens (tertiary/aromatic N) is 3. The van der Waals surface area contributed by atoms with Gasteiger partial charge in [0.2, 0.25) is 0 Å². The molecule has 3 rings (SSSR count). The van der Waals surface area contributed by atoms with Gasteiger partial charge in [0.15, 0.2) is 11.4 Å². The monoisotopic (exact) mass is 370 g/mol. The third kappa shape index (κ3) is 3.59. The number of halogens is 1. The van der Waals surface area contributed by atoms with Crippen LogP contribution in [0.5, 0.6) is 5.75 Å². The lowest BCUT2D eigenvalue weighted by molar-refractivity contribution is 0.0942. The predicted molar refractivity (Wildman–Crippen MR) is 97.5 cm³/mol. The standard InChI is InChI=1S/C19H19FN4O3/c1-11-8-14(20)6-7-15(11)24-10-16(25)17(22-24)18(26)21-9-13-5-4-12(2)23(3)19(13)27/h4-8,10,25H,9H2,1-3H3,(H,21,26). The van der Waals surface area contributed by atoms with E-state index in [4.69, 9.17) is 0 Å². The van der Waals surface area contributed by atoms with Crippen LogP contribution in [0.15, 0.2) is 41.3 Å². The van der Waals surface area contributed by atoms with Crippen molar-refractivity contribution in [3.05, 3.63) is 75.2 Å². The van der Waals surface area contributed by atoms with Gasteiger partial charge in [0.1, 0.15) is 5.82 Å². The molecular weight excluding hydrogens is 351 g/mol. The van der Waals surface area contributed by atoms with Crippen molar-refractivity contribution in [2.75, 3.05) is 0 Å². The smallest absolute Gasteiger partial charge is 0.275 e. The zero-order chi connectivity index (χ0) is 19.7. The first kappa shape index (κ1) is 18.4. The molecule has 1 amide bonds. The molecule has 0 radical (unpaired) electrons. The number of hydrogen-bond acceptors (Lipinski definition) is 4. The summed E-state index contributed by atoms with van der Waals surface area (Å²) in [7, 11) is 1.65. The average Bonchev–Trinajstić information content (AvgIpc) is 3.00. The summed E-state index contributed by atoms with van der Waals surface area (Å²) in [6.07, 6.45) is 1.28. The fraction of sp³-hybridized carbons (Fsp3) is 0.211. The van der Waals surface area contributed by atoms with Crippen LogP contribution in [0, 0.1) is 19.7 Å². The van der Waals surface area contributed by atoms with Crippen LogP contribution in [-0.2, 0) is 13.6 Å². The molecular formula is C19H19FN4O3. The van der Waals surface area contributed by atoms with Gasteiger partial charge in [-0.3, -0.25) is 9.59 Å². The molecule has 0 aliphatic heterocycles. The van der Waals surface area contributed by atoms with Crippen molar-refractivity contribution in [2.24, 2.45) is 7.05 Å². The number of rotatable bonds is 4. The number of nitrogens with one attached hydrogen (secondary N) is 1. The summed E-state index contributed by atoms with van der Waals surface area (Å²) in [5.74, 6) is -1.31. The van der Waals surface area contributed by atoms with Gasteiger partial charge in [-0.25, -0.2) is 9.07 Å². The Balaban J connectivity index is 1.81. The number of pyridine rings is 1. The molecule has 3 aromatic rings. The Morgan fingerprint density at radius 3 is 2.70 bits per heavy atom. The fourth-order valence-electron chi connectivity index (χ4n) is 2.70. The second-order valence-electron chi connectivity index (χ2n) is 6.29. The number of aryl methyl sites for hydroxylation is 2. The molecule has 0 unspecified atom stereocenters. The molecule has 0 atom stereocenters. The van der Waals surface area contributed by atoms with Crippen LogP contribution >= 0.6 is 0 Å². The number of carbonyl (C=O) groups is 1. The lowest BCUT2D eigenvalue weighted by Crippen LogP contribution is -2.30. The summed E-state index contributed by atoms with van der Waals surface area (Å²) in [6.45, 7) is 3.52. The van der Waals surface area contributed by atoms with Crippen LogP contribution < -0.4 is 10.9 Å². The van der Waals surface area contributed by atoms with Crippen molar-refractivity contribution in [3.63, 3.8) is 0 Å². The Bertz CT molecular complexity index is 1090. The molecule has 0 aliphatic rings. The highest BCUT2D eigenvalue weighted by Crippen LogP contribution is 2.21. The highest BCUT2D eigenvalue weighted by molar-refractivity contribution is 5.94. The van der Waals surface area contributed by atoms with E-state index in [2.05, 4.69) is 10.4 Å². The molecule has 1 aromatic carbocycles. The summed E-state index contributed by atoms with van der Waals surface area (Å²) in [5, 5.41) is 16.7. The van der Waals surface area contributed by atoms with Crippen molar-refractivity contribution in [1.29, 1.82) is 0 Å². The molecule has 0 saturated carbocycles. The quantitative estimate of drug-likeness (QED) is 0.735. The Morgan fingerprint density at radius 2 is 2.00 bits per heavy atom. The average molecular weight is 370 g/mol. The van der Waals surface area contributed by atoms with Crippen molar-refractivity contribution in [3.8, 4) is 11.4 Å². The Kier molecular flexibility index (Phi) is 4.81. The van der Waals surface area contributed by atoms with E-state index < -0.39 is 5.91 Å². The van der Waals surface area contributed by atoms with Crippen LogP contribution in [-0.4, -0.2) is 25.4 Å². The van der Waals surface area contributed by atoms with Crippen molar-refractivity contribution in [1.82, 2.24) is 19.7 Å². The van der Waals surface area contributed by atoms with Gasteiger partial charge < -0.3 is 15.0 Å². The highest BCUT2D eigenvalue weighted by Gasteiger charge is 2.18. The molecule has 2 N–H and O–H groups in total. The Morgan fingerprint density at radius 1 is 1.26 bits per heavy atom. The van der Waals surface area contributed by atoms with Gasteiger partial charge in [0.05, 0.1) is 11.9 Å². The number of hydrogen-bond donors (Lipinski definition) is 2. The number of benzene rings is 1. The van der Waals surface area contributed by atoms with Gasteiger partial charge in [-0.15, -0.1) is 0 Å². The first-order valence-corrected chi connectivity index (χ1v) is 8.27. The van der Waals surface area contributed by atoms with Gasteiger partial charge in [-0.05, 0) is 43.7 Å². The molecule has 8 heteroatoms. The van der Waals surface area contributed by atoms with Crippen molar-refractivity contribution < 1.29 is 14.3 Å². The second kappa shape index (κ2) is 7.06. The first-order valence-electron chi connectivity index (χ1n) is 8.27. The third-order valence-corrected chi connectivity index (χ3v) is 4.39. The lowest BCUT2D eigenvalue weighted by Gasteiger charge is -2.08. The molecule has 2 heterocycles. The zero-order valence-corrected chi connectivity index (χ0v) is 15.2. The molecule has 140 valence electrons. The number of aromatic hydroxyl groups is 1. The van der Waals surface area contributed by atoms with Crippen LogP contribution in [0.3, 0.4) is 0 Å². The largest absolute Gasteiger partial charge is 0.504 e. The zero-order valence-electron chi connectivity index (χ0n) is 15.2. The van der Waals surface area contributed by atoms with E-state index in [-0.39, 0.29) is 29.4 Å². The van der Waals surface area contributed by atoms with Crippen molar-refractivity contribution in [2.45, 2.75) is 20.4 Å². The maximum Gasteiger partial charge on any atom is 0.275 e. The summed E-state index contributed by atoms with van der Waals surface area (Å²) in [6, 6.07) is 7.55. The van der Waals surface area contributed by atoms with E-state index in [9.17, 15) is 19.1 Å². The summed E-state index contributed by atoms with van der Waals surface area (Å²) in [4.78, 5) is 24.5. The van der Waals surface area contributed by atoms with E-state index >= 15 is 0 Å². The Hall–Kier alpha value is -3.42. The van der Waals surface area contributed by atoms with E-state index in [1.807, 2.05) is 6.92 Å². The van der Waals surface area contributed by atoms with Gasteiger partial charge in [-0.2, -0.15) is 5.10 Å². The lowest BCUT2D eigenvalue weighted by atomic mass is 10.2. The fourth-order valence-corrected chi connectivity index (χ4v) is 2.70. The molecule has 0 spiro atoms. The van der Waals surface area contributed by atoms with Gasteiger partial charge in [-0.1, -0.05) is 6.07 Å². The maximum atomic E-state index is 13.3. The molecule has 0 bridgehead atoms. The molecule has 27 heavy (non-hydrogen) atoms. The summed E-state index contributed by atoms with van der Waals surface area (Å²) < 4.78 is 16.1. The Labute approximate surface area is 154 Å². The first-order chi connectivity index (χ1) is 12.8. The minimum atomic E-state index is -0.617. The normalized spacial score (nSPS) is 10.8. The van der Waals surface area contributed by atoms with E-state index in [1.165, 1.54) is 33.6 Å². The molecule has 7 nitrogen and oxygen atoms in total. The summed E-state index contributed by atoms with van der Waals surface area (Å²) in [5.41, 5.74) is 1.99. The van der Waals surface area contributed by atoms with Gasteiger partial charge in [0, 0.05) is 24.8 Å². The second-order valence-corrected chi connectivity index (χ2v) is 6.29. The van der Waals surface area contributed by atoms with E-state index in [0.29, 0.717) is 16.8 Å². The number of carbonyl (C=O) groups excluding carboxylic acids is 1. The molecule has 0 fully saturated rings. The van der Waals surface area contributed by atoms with Gasteiger partial charge >= 0.3 is 0 Å². The van der Waals surface area contributed by atoms with Crippen LogP contribution in [0.1, 0.15) is 27.3 Å². The van der Waals surface area contributed by atoms with Crippen LogP contribution in [0.25, 0.3) is 5.69 Å². The SMILES string of the molecule is Cc1cc(F)ccc1-n1cc(O)c(C(=O)NCc2ccc(C)n(C)c2=O)n1. The number of aromatic nitrogens is 3. The minimum absolute atomic E-state index is 0.00760. The van der Waals surface area contributed by atoms with Crippen LogP contribution in [0.4, 0.5) is 4.39 Å². The predicted octanol–water partition coefficient (Wildman–Crippen LogP) is 1.96.